The molecule has 26 heavy (non-hydrogen) atoms. The SMILES string of the molecule is CCN1CC2(CCN(C(=O)OC(C)(C)C)CC2)OC[C@H]1c1ccccc1. The molecule has 2 fully saturated rings. The van der Waals surface area contributed by atoms with Crippen molar-refractivity contribution in [1.82, 2.24) is 9.80 Å². The Morgan fingerprint density at radius 1 is 1.23 bits per heavy atom. The van der Waals surface area contributed by atoms with Gasteiger partial charge in [0.1, 0.15) is 5.60 Å². The first-order valence-corrected chi connectivity index (χ1v) is 9.73. The largest absolute Gasteiger partial charge is 0.444 e. The number of likely N-dealkylation sites (N-methyl/N-ethyl adjacent to an activating group) is 1. The molecular formula is C21H32N2O3. The molecular weight excluding hydrogens is 328 g/mol. The second kappa shape index (κ2) is 7.57. The maximum Gasteiger partial charge on any atom is 0.410 e. The average Bonchev–Trinajstić information content (AvgIpc) is 2.61. The van der Waals surface area contributed by atoms with E-state index in [-0.39, 0.29) is 11.7 Å². The van der Waals surface area contributed by atoms with Gasteiger partial charge in [-0.1, -0.05) is 37.3 Å². The fourth-order valence-electron chi connectivity index (χ4n) is 3.93. The van der Waals surface area contributed by atoms with Crippen LogP contribution in [0.4, 0.5) is 4.79 Å². The topological polar surface area (TPSA) is 42.0 Å². The maximum absolute atomic E-state index is 12.3. The number of likely N-dealkylation sites (tertiary alicyclic amines) is 1. The molecule has 0 saturated carbocycles. The summed E-state index contributed by atoms with van der Waals surface area (Å²) in [6.45, 7) is 12.0. The zero-order valence-electron chi connectivity index (χ0n) is 16.5. The molecule has 5 nitrogen and oxygen atoms in total. The van der Waals surface area contributed by atoms with Gasteiger partial charge in [-0.05, 0) is 45.7 Å². The lowest BCUT2D eigenvalue weighted by molar-refractivity contribution is -0.156. The minimum Gasteiger partial charge on any atom is -0.444 e. The van der Waals surface area contributed by atoms with Crippen molar-refractivity contribution in [2.24, 2.45) is 0 Å². The highest BCUT2D eigenvalue weighted by Gasteiger charge is 2.43. The zero-order valence-corrected chi connectivity index (χ0v) is 16.5. The van der Waals surface area contributed by atoms with Crippen LogP contribution in [0.15, 0.2) is 30.3 Å². The molecule has 2 saturated heterocycles. The van der Waals surface area contributed by atoms with Gasteiger partial charge in [-0.3, -0.25) is 4.90 Å². The lowest BCUT2D eigenvalue weighted by Crippen LogP contribution is -2.58. The first-order valence-electron chi connectivity index (χ1n) is 9.73. The molecule has 2 heterocycles. The Morgan fingerprint density at radius 2 is 1.88 bits per heavy atom. The highest BCUT2D eigenvalue weighted by Crippen LogP contribution is 2.36. The van der Waals surface area contributed by atoms with Gasteiger partial charge in [-0.2, -0.15) is 0 Å². The molecule has 5 heteroatoms. The monoisotopic (exact) mass is 360 g/mol. The molecule has 1 aromatic carbocycles. The number of amides is 1. The first-order chi connectivity index (χ1) is 12.3. The van der Waals surface area contributed by atoms with Crippen LogP contribution >= 0.6 is 0 Å². The Morgan fingerprint density at radius 3 is 2.46 bits per heavy atom. The summed E-state index contributed by atoms with van der Waals surface area (Å²) in [4.78, 5) is 16.6. The fourth-order valence-corrected chi connectivity index (χ4v) is 3.93. The lowest BCUT2D eigenvalue weighted by atomic mass is 9.87. The van der Waals surface area contributed by atoms with Crippen LogP contribution in [0.25, 0.3) is 0 Å². The van der Waals surface area contributed by atoms with Gasteiger partial charge in [-0.25, -0.2) is 4.79 Å². The lowest BCUT2D eigenvalue weighted by Gasteiger charge is -2.50. The van der Waals surface area contributed by atoms with Crippen LogP contribution in [-0.4, -0.2) is 59.9 Å². The van der Waals surface area contributed by atoms with E-state index in [1.807, 2.05) is 25.7 Å². The third-order valence-corrected chi connectivity index (χ3v) is 5.40. The van der Waals surface area contributed by atoms with Gasteiger partial charge >= 0.3 is 6.09 Å². The molecule has 0 radical (unpaired) electrons. The average molecular weight is 360 g/mol. The predicted molar refractivity (Wildman–Crippen MR) is 102 cm³/mol. The number of carbonyl (C=O) groups is 1. The number of morpholine rings is 1. The van der Waals surface area contributed by atoms with E-state index in [1.165, 1.54) is 5.56 Å². The van der Waals surface area contributed by atoms with E-state index < -0.39 is 5.60 Å². The molecule has 144 valence electrons. The van der Waals surface area contributed by atoms with Crippen molar-refractivity contribution in [3.8, 4) is 0 Å². The number of nitrogens with zero attached hydrogens (tertiary/aromatic N) is 2. The molecule has 1 aromatic rings. The first kappa shape index (κ1) is 19.2. The van der Waals surface area contributed by atoms with Gasteiger partial charge in [0.2, 0.25) is 0 Å². The highest BCUT2D eigenvalue weighted by molar-refractivity contribution is 5.68. The van der Waals surface area contributed by atoms with Crippen LogP contribution in [0.2, 0.25) is 0 Å². The second-order valence-corrected chi connectivity index (χ2v) is 8.45. The zero-order chi connectivity index (χ0) is 18.8. The summed E-state index contributed by atoms with van der Waals surface area (Å²) in [5.74, 6) is 0. The Bertz CT molecular complexity index is 603. The molecule has 2 aliphatic heterocycles. The van der Waals surface area contributed by atoms with Gasteiger partial charge < -0.3 is 14.4 Å². The van der Waals surface area contributed by atoms with E-state index in [0.717, 1.165) is 25.9 Å². The number of carbonyl (C=O) groups excluding carboxylic acids is 1. The van der Waals surface area contributed by atoms with Crippen molar-refractivity contribution in [2.75, 3.05) is 32.8 Å². The van der Waals surface area contributed by atoms with Crippen molar-refractivity contribution >= 4 is 6.09 Å². The molecule has 1 atom stereocenters. The van der Waals surface area contributed by atoms with Crippen LogP contribution in [0.1, 0.15) is 52.1 Å². The fraction of sp³-hybridized carbons (Fsp3) is 0.667. The van der Waals surface area contributed by atoms with Crippen molar-refractivity contribution < 1.29 is 14.3 Å². The number of ether oxygens (including phenoxy) is 2. The molecule has 0 unspecified atom stereocenters. The molecule has 3 rings (SSSR count). The molecule has 0 aromatic heterocycles. The summed E-state index contributed by atoms with van der Waals surface area (Å²) < 4.78 is 11.9. The smallest absolute Gasteiger partial charge is 0.410 e. The van der Waals surface area contributed by atoms with Crippen molar-refractivity contribution in [3.05, 3.63) is 35.9 Å². The van der Waals surface area contributed by atoms with Gasteiger partial charge in [0.15, 0.2) is 0 Å². The standard InChI is InChI=1S/C21H32N2O3/c1-5-22-16-21(25-15-18(22)17-9-7-6-8-10-17)11-13-23(14-12-21)19(24)26-20(2,3)4/h6-10,18H,5,11-16H2,1-4H3/t18-/m0/s1. The summed E-state index contributed by atoms with van der Waals surface area (Å²) in [7, 11) is 0. The second-order valence-electron chi connectivity index (χ2n) is 8.45. The minimum atomic E-state index is -0.449. The summed E-state index contributed by atoms with van der Waals surface area (Å²) in [5.41, 5.74) is 0.727. The van der Waals surface area contributed by atoms with E-state index in [1.54, 1.807) is 0 Å². The normalized spacial score (nSPS) is 23.8. The van der Waals surface area contributed by atoms with Crippen LogP contribution in [0, 0.1) is 0 Å². The number of hydrogen-bond acceptors (Lipinski definition) is 4. The van der Waals surface area contributed by atoms with Gasteiger partial charge in [0.05, 0.1) is 18.2 Å². The Balaban J connectivity index is 1.61. The molecule has 0 aliphatic carbocycles. The number of piperidine rings is 1. The summed E-state index contributed by atoms with van der Waals surface area (Å²) in [6.07, 6.45) is 1.52. The van der Waals surface area contributed by atoms with Crippen LogP contribution in [0.3, 0.4) is 0 Å². The van der Waals surface area contributed by atoms with E-state index in [0.29, 0.717) is 25.7 Å². The van der Waals surface area contributed by atoms with Gasteiger partial charge in [0, 0.05) is 19.6 Å². The van der Waals surface area contributed by atoms with Gasteiger partial charge in [0.25, 0.3) is 0 Å². The maximum atomic E-state index is 12.3. The number of hydrogen-bond donors (Lipinski definition) is 0. The molecule has 0 bridgehead atoms. The minimum absolute atomic E-state index is 0.139. The van der Waals surface area contributed by atoms with E-state index in [9.17, 15) is 4.79 Å². The van der Waals surface area contributed by atoms with Crippen molar-refractivity contribution in [2.45, 2.75) is 57.8 Å². The third kappa shape index (κ3) is 4.38. The van der Waals surface area contributed by atoms with Crippen molar-refractivity contribution in [3.63, 3.8) is 0 Å². The number of rotatable bonds is 2. The Labute approximate surface area is 157 Å². The number of benzene rings is 1. The summed E-state index contributed by atoms with van der Waals surface area (Å²) in [5, 5.41) is 0. The highest BCUT2D eigenvalue weighted by atomic mass is 16.6. The predicted octanol–water partition coefficient (Wildman–Crippen LogP) is 3.85. The van der Waals surface area contributed by atoms with Crippen molar-refractivity contribution in [1.29, 1.82) is 0 Å². The Kier molecular flexibility index (Phi) is 5.58. The molecule has 1 amide bonds. The summed E-state index contributed by atoms with van der Waals surface area (Å²) >= 11 is 0. The van der Waals surface area contributed by atoms with Crippen LogP contribution < -0.4 is 0 Å². The van der Waals surface area contributed by atoms with Crippen LogP contribution in [0.5, 0.6) is 0 Å². The molecule has 1 spiro atoms. The van der Waals surface area contributed by atoms with Crippen LogP contribution in [-0.2, 0) is 9.47 Å². The quantitative estimate of drug-likeness (QED) is 0.803. The molecule has 0 N–H and O–H groups in total. The van der Waals surface area contributed by atoms with E-state index in [2.05, 4.69) is 42.2 Å². The summed E-state index contributed by atoms with van der Waals surface area (Å²) in [6, 6.07) is 10.9. The third-order valence-electron chi connectivity index (χ3n) is 5.40. The van der Waals surface area contributed by atoms with E-state index >= 15 is 0 Å². The van der Waals surface area contributed by atoms with E-state index in [4.69, 9.17) is 9.47 Å². The Hall–Kier alpha value is -1.59. The molecule has 2 aliphatic rings. The van der Waals surface area contributed by atoms with Gasteiger partial charge in [-0.15, -0.1) is 0 Å².